The molecule has 0 radical (unpaired) electrons. The van der Waals surface area contributed by atoms with Gasteiger partial charge < -0.3 is 37.0 Å². The van der Waals surface area contributed by atoms with Crippen LogP contribution in [-0.4, -0.2) is 89.7 Å². The number of β-lactam (4-membered cyclic amide) rings is 1. The third kappa shape index (κ3) is 7.41. The quantitative estimate of drug-likeness (QED) is 0.0543. The number of fused-ring (bicyclic) bond motifs is 1. The first-order chi connectivity index (χ1) is 23.7. The lowest BCUT2D eigenvalue weighted by Crippen LogP contribution is -2.71. The standard InChI is InChI=1S/C32H36N10O6S2/c1-17(43)26-21(14-47-41-12-11-40(23(41)9-10-33)13-19-5-7-20(8-6-19)27(34)35)15-49-30-25(29(46)42(26)30)38-28(45)24(22-16-50-31(36)37-22)39-48-32(3,4)18(2)44/h5-12,16,25,30,33,44H,2,13-15H2,1,3-4H3,(H3,34,35)(H2,36,37)(H,38,45)/b23-9-,33-10?,39-24-/t25-,30-/m1/s1. The number of nitrogen functional groups attached to an aromatic ring is 2. The van der Waals surface area contributed by atoms with Crippen LogP contribution in [0.1, 0.15) is 37.6 Å². The molecule has 262 valence electrons. The molecule has 1 fully saturated rings. The fourth-order valence-electron chi connectivity index (χ4n) is 5.02. The summed E-state index contributed by atoms with van der Waals surface area (Å²) in [6.45, 7) is 8.25. The van der Waals surface area contributed by atoms with Gasteiger partial charge in [0.1, 0.15) is 34.5 Å². The highest BCUT2D eigenvalue weighted by Gasteiger charge is 2.54. The lowest BCUT2D eigenvalue weighted by molar-refractivity contribution is -0.147. The number of hydrogen-bond donors (Lipinski definition) is 6. The van der Waals surface area contributed by atoms with Crippen LogP contribution in [0.15, 0.2) is 82.7 Å². The Morgan fingerprint density at radius 1 is 1.28 bits per heavy atom. The minimum absolute atomic E-state index is 0.0220. The van der Waals surface area contributed by atoms with Crippen molar-refractivity contribution in [1.29, 1.82) is 10.8 Å². The molecular weight excluding hydrogens is 685 g/mol. The third-order valence-electron chi connectivity index (χ3n) is 7.84. The van der Waals surface area contributed by atoms with E-state index in [1.54, 1.807) is 30.6 Å². The Hall–Kier alpha value is -5.46. The van der Waals surface area contributed by atoms with Crippen molar-refractivity contribution in [1.82, 2.24) is 25.2 Å². The van der Waals surface area contributed by atoms with Crippen LogP contribution >= 0.6 is 23.1 Å². The molecule has 5 rings (SSSR count). The van der Waals surface area contributed by atoms with Crippen molar-refractivity contribution in [2.45, 2.75) is 44.3 Å². The monoisotopic (exact) mass is 720 g/mol. The van der Waals surface area contributed by atoms with Crippen molar-refractivity contribution in [3.05, 3.63) is 94.4 Å². The zero-order valence-corrected chi connectivity index (χ0v) is 29.0. The molecule has 3 aliphatic rings. The normalized spacial score (nSPS) is 19.7. The number of aliphatic hydroxyl groups is 1. The Bertz CT molecular complexity index is 1870. The number of nitrogens with zero attached hydrogens (tertiary/aromatic N) is 5. The summed E-state index contributed by atoms with van der Waals surface area (Å²) in [5.74, 6) is -1.04. The predicted octanol–water partition coefficient (Wildman–Crippen LogP) is 2.53. The molecule has 0 unspecified atom stereocenters. The largest absolute Gasteiger partial charge is 0.509 e. The number of allylic oxidation sites excluding steroid dienone is 2. The van der Waals surface area contributed by atoms with Gasteiger partial charge >= 0.3 is 0 Å². The highest BCUT2D eigenvalue weighted by molar-refractivity contribution is 8.00. The summed E-state index contributed by atoms with van der Waals surface area (Å²) >= 11 is 2.44. The molecule has 16 nitrogen and oxygen atoms in total. The fraction of sp³-hybridized carbons (Fsp3) is 0.281. The number of nitrogens with one attached hydrogen (secondary N) is 3. The third-order valence-corrected chi connectivity index (χ3v) is 9.85. The molecule has 50 heavy (non-hydrogen) atoms. The van der Waals surface area contributed by atoms with Crippen molar-refractivity contribution >= 4 is 63.6 Å². The summed E-state index contributed by atoms with van der Waals surface area (Å²) in [7, 11) is 0. The van der Waals surface area contributed by atoms with Gasteiger partial charge in [0.25, 0.3) is 11.8 Å². The van der Waals surface area contributed by atoms with E-state index < -0.39 is 28.8 Å². The van der Waals surface area contributed by atoms with Crippen LogP contribution in [0.25, 0.3) is 0 Å². The maximum atomic E-state index is 13.5. The van der Waals surface area contributed by atoms with Crippen molar-refractivity contribution < 1.29 is 29.2 Å². The Morgan fingerprint density at radius 2 is 2.00 bits per heavy atom. The number of carbonyl (C=O) groups excluding carboxylic acids is 3. The first kappa shape index (κ1) is 35.8. The summed E-state index contributed by atoms with van der Waals surface area (Å²) in [6, 6.07) is 6.27. The van der Waals surface area contributed by atoms with E-state index in [1.165, 1.54) is 47.9 Å². The molecule has 0 bridgehead atoms. The molecule has 1 aromatic carbocycles. The number of anilines is 1. The molecule has 8 N–H and O–H groups in total. The highest BCUT2D eigenvalue weighted by Crippen LogP contribution is 2.41. The maximum absolute atomic E-state index is 13.5. The van der Waals surface area contributed by atoms with E-state index in [1.807, 2.05) is 17.0 Å². The second-order valence-corrected chi connectivity index (χ2v) is 13.8. The Balaban J connectivity index is 1.27. The van der Waals surface area contributed by atoms with Gasteiger partial charge in [-0.1, -0.05) is 36.0 Å². The van der Waals surface area contributed by atoms with Crippen molar-refractivity contribution in [2.24, 2.45) is 10.9 Å². The van der Waals surface area contributed by atoms with Crippen LogP contribution in [-0.2, 0) is 30.6 Å². The SMILES string of the molecule is C=C(O)C(C)(C)O/N=C(\C(=O)N[C@@H]1C(=O)N2C(C(C)=O)=C(CON3C=CN(Cc4ccc(C(=N)N)cc4)/C3=C/C=N)CS[C@H]12)c1csc(N)n1. The molecular formula is C32H36N10O6S2. The molecule has 3 aliphatic heterocycles. The van der Waals surface area contributed by atoms with E-state index in [-0.39, 0.29) is 46.2 Å². The van der Waals surface area contributed by atoms with Gasteiger partial charge in [-0.05, 0) is 31.1 Å². The number of hydroxylamine groups is 2. The smallest absolute Gasteiger partial charge is 0.276 e. The van der Waals surface area contributed by atoms with Gasteiger partial charge in [-0.15, -0.1) is 23.1 Å². The molecule has 2 atom stereocenters. The molecule has 2 aromatic rings. The van der Waals surface area contributed by atoms with Gasteiger partial charge in [0.15, 0.2) is 22.2 Å². The maximum Gasteiger partial charge on any atom is 0.276 e. The summed E-state index contributed by atoms with van der Waals surface area (Å²) in [5.41, 5.74) is 12.2. The van der Waals surface area contributed by atoms with E-state index in [4.69, 9.17) is 32.0 Å². The number of aromatic nitrogens is 1. The number of ketones is 1. The zero-order chi connectivity index (χ0) is 36.3. The second-order valence-electron chi connectivity index (χ2n) is 11.8. The first-order valence-corrected chi connectivity index (χ1v) is 17.0. The van der Waals surface area contributed by atoms with Gasteiger partial charge in [0.2, 0.25) is 0 Å². The van der Waals surface area contributed by atoms with Crippen molar-refractivity contribution in [2.75, 3.05) is 18.1 Å². The molecule has 2 amide bonds. The molecule has 0 spiro atoms. The van der Waals surface area contributed by atoms with E-state index in [9.17, 15) is 19.5 Å². The number of aliphatic hydroxyl groups excluding tert-OH is 1. The van der Waals surface area contributed by atoms with Crippen LogP contribution in [0.4, 0.5) is 5.13 Å². The van der Waals surface area contributed by atoms with Crippen LogP contribution in [0.2, 0.25) is 0 Å². The molecule has 0 saturated carbocycles. The number of amidine groups is 1. The van der Waals surface area contributed by atoms with E-state index in [0.29, 0.717) is 29.3 Å². The zero-order valence-electron chi connectivity index (χ0n) is 27.4. The number of oxime groups is 1. The lowest BCUT2D eigenvalue weighted by atomic mass is 10.0. The predicted molar refractivity (Wildman–Crippen MR) is 190 cm³/mol. The molecule has 18 heteroatoms. The summed E-state index contributed by atoms with van der Waals surface area (Å²) in [6.07, 6.45) is 6.17. The fourth-order valence-corrected chi connectivity index (χ4v) is 6.90. The topological polar surface area (TPSA) is 237 Å². The van der Waals surface area contributed by atoms with E-state index in [0.717, 1.165) is 23.1 Å². The summed E-state index contributed by atoms with van der Waals surface area (Å²) in [4.78, 5) is 58.7. The van der Waals surface area contributed by atoms with Gasteiger partial charge in [-0.3, -0.25) is 29.5 Å². The number of carbonyl (C=O) groups is 3. The van der Waals surface area contributed by atoms with Crippen LogP contribution < -0.4 is 16.8 Å². The number of hydrogen-bond acceptors (Lipinski definition) is 15. The number of thioether (sulfide) groups is 1. The molecule has 1 aromatic heterocycles. The van der Waals surface area contributed by atoms with Crippen molar-refractivity contribution in [3.63, 3.8) is 0 Å². The number of Topliss-reactive ketones (excluding diaryl/α,β-unsaturated/α-hetero) is 1. The van der Waals surface area contributed by atoms with Crippen LogP contribution in [0.5, 0.6) is 0 Å². The van der Waals surface area contributed by atoms with Crippen LogP contribution in [0, 0.1) is 10.8 Å². The highest BCUT2D eigenvalue weighted by atomic mass is 32.2. The van der Waals surface area contributed by atoms with Gasteiger partial charge in [-0.2, -0.15) is 0 Å². The lowest BCUT2D eigenvalue weighted by Gasteiger charge is -2.50. The molecule has 1 saturated heterocycles. The molecule has 0 aliphatic carbocycles. The number of benzene rings is 1. The number of rotatable bonds is 14. The average Bonchev–Trinajstić information content (AvgIpc) is 3.67. The van der Waals surface area contributed by atoms with E-state index in [2.05, 4.69) is 22.0 Å². The summed E-state index contributed by atoms with van der Waals surface area (Å²) < 4.78 is 0. The van der Waals surface area contributed by atoms with E-state index >= 15 is 0 Å². The Labute approximate surface area is 295 Å². The number of nitrogens with two attached hydrogens (primary N) is 2. The minimum Gasteiger partial charge on any atom is -0.509 e. The summed E-state index contributed by atoms with van der Waals surface area (Å²) in [5, 5.41) is 34.3. The number of thiazole rings is 1. The Kier molecular flexibility index (Phi) is 10.4. The number of amides is 2. The van der Waals surface area contributed by atoms with Crippen LogP contribution in [0.3, 0.4) is 0 Å². The first-order valence-electron chi connectivity index (χ1n) is 15.1. The average molecular weight is 721 g/mol. The van der Waals surface area contributed by atoms with Crippen molar-refractivity contribution in [3.8, 4) is 0 Å². The Morgan fingerprint density at radius 3 is 2.60 bits per heavy atom. The van der Waals surface area contributed by atoms with Gasteiger partial charge in [0.05, 0.1) is 18.5 Å². The second kappa shape index (κ2) is 14.6. The minimum atomic E-state index is -1.32. The van der Waals surface area contributed by atoms with Gasteiger partial charge in [-0.25, -0.2) is 10.0 Å². The molecule has 4 heterocycles. The van der Waals surface area contributed by atoms with Gasteiger partial charge in [0, 0.05) is 42.6 Å².